The molecular formula is C18H17NO5. The molecule has 0 radical (unpaired) electrons. The average Bonchev–Trinajstić information content (AvgIpc) is 3.06. The molecule has 2 aromatic rings. The maximum absolute atomic E-state index is 11.9. The van der Waals surface area contributed by atoms with Gasteiger partial charge in [-0.3, -0.25) is 4.79 Å². The van der Waals surface area contributed by atoms with Crippen molar-refractivity contribution in [3.05, 3.63) is 59.2 Å². The van der Waals surface area contributed by atoms with E-state index in [1.165, 1.54) is 0 Å². The number of hydrogen-bond acceptors (Lipinski definition) is 4. The Morgan fingerprint density at radius 1 is 1.00 bits per heavy atom. The Bertz CT molecular complexity index is 755. The molecule has 1 aliphatic rings. The number of ether oxygens (including phenoxy) is 2. The second-order valence-corrected chi connectivity index (χ2v) is 5.47. The maximum Gasteiger partial charge on any atom is 0.335 e. The number of aromatic carboxylic acids is 1. The van der Waals surface area contributed by atoms with E-state index in [0.717, 1.165) is 16.9 Å². The Labute approximate surface area is 139 Å². The van der Waals surface area contributed by atoms with Crippen molar-refractivity contribution < 1.29 is 24.2 Å². The largest absolute Gasteiger partial charge is 0.478 e. The van der Waals surface area contributed by atoms with Crippen LogP contribution >= 0.6 is 0 Å². The Morgan fingerprint density at radius 2 is 1.71 bits per heavy atom. The van der Waals surface area contributed by atoms with E-state index >= 15 is 0 Å². The number of nitrogens with one attached hydrogen (secondary N) is 1. The third-order valence-corrected chi connectivity index (χ3v) is 3.77. The number of amides is 1. The van der Waals surface area contributed by atoms with Crippen LogP contribution in [-0.4, -0.2) is 23.8 Å². The van der Waals surface area contributed by atoms with Crippen molar-refractivity contribution in [3.8, 4) is 11.5 Å². The molecule has 3 rings (SSSR count). The minimum Gasteiger partial charge on any atom is -0.478 e. The summed E-state index contributed by atoms with van der Waals surface area (Å²) in [6.07, 6.45) is 0.907. The van der Waals surface area contributed by atoms with Crippen LogP contribution in [-0.2, 0) is 17.8 Å². The van der Waals surface area contributed by atoms with Crippen LogP contribution in [0, 0.1) is 0 Å². The van der Waals surface area contributed by atoms with E-state index in [1.54, 1.807) is 24.3 Å². The highest BCUT2D eigenvalue weighted by molar-refractivity contribution is 5.87. The molecule has 0 atom stereocenters. The molecule has 2 N–H and O–H groups in total. The lowest BCUT2D eigenvalue weighted by Gasteiger charge is -2.07. The third-order valence-electron chi connectivity index (χ3n) is 3.77. The molecule has 2 aromatic carbocycles. The van der Waals surface area contributed by atoms with Gasteiger partial charge in [0.1, 0.15) is 0 Å². The molecule has 124 valence electrons. The molecule has 0 aromatic heterocycles. The molecule has 6 heteroatoms. The van der Waals surface area contributed by atoms with Crippen LogP contribution < -0.4 is 14.8 Å². The van der Waals surface area contributed by atoms with Crippen molar-refractivity contribution in [1.82, 2.24) is 5.32 Å². The highest BCUT2D eigenvalue weighted by atomic mass is 16.7. The number of carboxylic acids is 1. The first-order valence-corrected chi connectivity index (χ1v) is 7.59. The van der Waals surface area contributed by atoms with Crippen LogP contribution in [0.25, 0.3) is 0 Å². The van der Waals surface area contributed by atoms with Gasteiger partial charge in [-0.2, -0.15) is 0 Å². The Hall–Kier alpha value is -3.02. The number of aryl methyl sites for hydroxylation is 1. The molecule has 1 aliphatic heterocycles. The van der Waals surface area contributed by atoms with Crippen molar-refractivity contribution in [2.75, 3.05) is 6.79 Å². The zero-order valence-electron chi connectivity index (χ0n) is 13.0. The molecule has 0 spiro atoms. The molecule has 0 unspecified atom stereocenters. The van der Waals surface area contributed by atoms with Gasteiger partial charge in [0, 0.05) is 13.0 Å². The van der Waals surface area contributed by atoms with E-state index in [4.69, 9.17) is 14.6 Å². The van der Waals surface area contributed by atoms with Gasteiger partial charge in [-0.25, -0.2) is 4.79 Å². The number of carbonyl (C=O) groups is 2. The molecule has 0 saturated heterocycles. The highest BCUT2D eigenvalue weighted by Gasteiger charge is 2.13. The lowest BCUT2D eigenvalue weighted by atomic mass is 10.1. The summed E-state index contributed by atoms with van der Waals surface area (Å²) in [6.45, 7) is 0.652. The van der Waals surface area contributed by atoms with Crippen molar-refractivity contribution in [3.63, 3.8) is 0 Å². The zero-order valence-corrected chi connectivity index (χ0v) is 13.0. The van der Waals surface area contributed by atoms with Crippen molar-refractivity contribution in [1.29, 1.82) is 0 Å². The molecule has 0 bridgehead atoms. The van der Waals surface area contributed by atoms with Gasteiger partial charge in [0.05, 0.1) is 5.56 Å². The first kappa shape index (κ1) is 15.9. The third kappa shape index (κ3) is 3.84. The molecule has 0 saturated carbocycles. The maximum atomic E-state index is 11.9. The lowest BCUT2D eigenvalue weighted by Crippen LogP contribution is -2.22. The Morgan fingerprint density at radius 3 is 2.46 bits per heavy atom. The Balaban J connectivity index is 1.46. The number of rotatable bonds is 6. The van der Waals surface area contributed by atoms with E-state index < -0.39 is 5.97 Å². The Kier molecular flexibility index (Phi) is 4.65. The SMILES string of the molecule is O=C(CCc1ccc(C(=O)O)cc1)NCc1ccc2c(c1)OCO2. The topological polar surface area (TPSA) is 84.9 Å². The van der Waals surface area contributed by atoms with Crippen LogP contribution in [0.4, 0.5) is 0 Å². The summed E-state index contributed by atoms with van der Waals surface area (Å²) >= 11 is 0. The van der Waals surface area contributed by atoms with Crippen LogP contribution in [0.5, 0.6) is 11.5 Å². The van der Waals surface area contributed by atoms with Gasteiger partial charge in [-0.1, -0.05) is 18.2 Å². The molecule has 1 heterocycles. The monoisotopic (exact) mass is 327 g/mol. The summed E-state index contributed by atoms with van der Waals surface area (Å²) in [7, 11) is 0. The smallest absolute Gasteiger partial charge is 0.335 e. The van der Waals surface area contributed by atoms with Crippen LogP contribution in [0.1, 0.15) is 27.9 Å². The summed E-state index contributed by atoms with van der Waals surface area (Å²) in [6, 6.07) is 12.1. The predicted octanol–water partition coefficient (Wildman–Crippen LogP) is 2.36. The molecule has 0 aliphatic carbocycles. The van der Waals surface area contributed by atoms with E-state index in [1.807, 2.05) is 18.2 Å². The van der Waals surface area contributed by atoms with Crippen molar-refractivity contribution in [2.45, 2.75) is 19.4 Å². The van der Waals surface area contributed by atoms with Gasteiger partial charge in [-0.05, 0) is 41.8 Å². The quantitative estimate of drug-likeness (QED) is 0.851. The number of carboxylic acid groups (broad SMARTS) is 1. The molecule has 6 nitrogen and oxygen atoms in total. The molecule has 1 amide bonds. The first-order valence-electron chi connectivity index (χ1n) is 7.59. The summed E-state index contributed by atoms with van der Waals surface area (Å²) in [5.41, 5.74) is 2.11. The summed E-state index contributed by atoms with van der Waals surface area (Å²) < 4.78 is 10.5. The summed E-state index contributed by atoms with van der Waals surface area (Å²) in [5.74, 6) is 0.396. The molecular weight excluding hydrogens is 310 g/mol. The lowest BCUT2D eigenvalue weighted by molar-refractivity contribution is -0.121. The molecule has 0 fully saturated rings. The van der Waals surface area contributed by atoms with Crippen LogP contribution in [0.15, 0.2) is 42.5 Å². The normalized spacial score (nSPS) is 12.0. The van der Waals surface area contributed by atoms with E-state index in [0.29, 0.717) is 25.1 Å². The second kappa shape index (κ2) is 7.04. The minimum absolute atomic E-state index is 0.0602. The highest BCUT2D eigenvalue weighted by Crippen LogP contribution is 2.32. The van der Waals surface area contributed by atoms with Crippen LogP contribution in [0.2, 0.25) is 0 Å². The fourth-order valence-electron chi connectivity index (χ4n) is 2.41. The van der Waals surface area contributed by atoms with Gasteiger partial charge in [-0.15, -0.1) is 0 Å². The summed E-state index contributed by atoms with van der Waals surface area (Å²) in [5, 5.41) is 11.7. The average molecular weight is 327 g/mol. The second-order valence-electron chi connectivity index (χ2n) is 5.47. The molecule has 24 heavy (non-hydrogen) atoms. The van der Waals surface area contributed by atoms with Gasteiger partial charge in [0.15, 0.2) is 11.5 Å². The first-order chi connectivity index (χ1) is 11.6. The van der Waals surface area contributed by atoms with E-state index in [2.05, 4.69) is 5.32 Å². The van der Waals surface area contributed by atoms with Gasteiger partial charge < -0.3 is 19.9 Å². The van der Waals surface area contributed by atoms with Gasteiger partial charge in [0.25, 0.3) is 0 Å². The number of hydrogen-bond donors (Lipinski definition) is 2. The van der Waals surface area contributed by atoms with Gasteiger partial charge in [0.2, 0.25) is 12.7 Å². The summed E-state index contributed by atoms with van der Waals surface area (Å²) in [4.78, 5) is 22.7. The number of fused-ring (bicyclic) bond motifs is 1. The minimum atomic E-state index is -0.956. The van der Waals surface area contributed by atoms with E-state index in [-0.39, 0.29) is 18.3 Å². The number of carbonyl (C=O) groups excluding carboxylic acids is 1. The number of benzene rings is 2. The van der Waals surface area contributed by atoms with Crippen LogP contribution in [0.3, 0.4) is 0 Å². The van der Waals surface area contributed by atoms with Gasteiger partial charge >= 0.3 is 5.97 Å². The predicted molar refractivity (Wildman–Crippen MR) is 86.1 cm³/mol. The standard InChI is InChI=1S/C18H17NO5/c20-17(8-4-12-1-5-14(6-2-12)18(21)22)19-10-13-3-7-15-16(9-13)24-11-23-15/h1-3,5-7,9H,4,8,10-11H2,(H,19,20)(H,21,22). The zero-order chi connectivity index (χ0) is 16.9. The van der Waals surface area contributed by atoms with Crippen molar-refractivity contribution >= 4 is 11.9 Å². The fourth-order valence-corrected chi connectivity index (χ4v) is 2.41. The van der Waals surface area contributed by atoms with Crippen molar-refractivity contribution in [2.24, 2.45) is 0 Å². The van der Waals surface area contributed by atoms with E-state index in [9.17, 15) is 9.59 Å². The fraction of sp³-hybridized carbons (Fsp3) is 0.222.